The Balaban J connectivity index is 1.18. The summed E-state index contributed by atoms with van der Waals surface area (Å²) in [7, 11) is -3.38. The first-order chi connectivity index (χ1) is 29.1. The van der Waals surface area contributed by atoms with Gasteiger partial charge in [0.25, 0.3) is 0 Å². The van der Waals surface area contributed by atoms with Gasteiger partial charge in [-0.3, -0.25) is 0 Å². The van der Waals surface area contributed by atoms with Gasteiger partial charge in [0.2, 0.25) is 0 Å². The second kappa shape index (κ2) is 13.7. The minimum absolute atomic E-state index is 0.554. The lowest BCUT2D eigenvalue weighted by atomic mass is 9.68. The third kappa shape index (κ3) is 5.25. The van der Waals surface area contributed by atoms with Crippen LogP contribution in [0.5, 0.6) is 0 Å². The molecule has 9 aromatic rings. The molecule has 4 heteroatoms. The number of nitrogens with zero attached hydrogens (tertiary/aromatic N) is 2. The standard InChI is InChI=1S/C55H37N2OP/c1-56-54(40-17-3-2-4-18-40)57-53-48-23-11-14-26-51(48)55(49-24-12-9-21-46(49)47-22-10-13-25-50(47)55)52(53)39-29-31-43(32-30-39)59(58,44-33-27-37-15-5-7-19-41(37)35-44)45-34-28-38-16-6-8-20-42(38)36-45/h2-36H,1H2/b57-54-. The van der Waals surface area contributed by atoms with Crippen molar-refractivity contribution in [2.24, 2.45) is 9.98 Å². The van der Waals surface area contributed by atoms with Crippen LogP contribution in [0.2, 0.25) is 0 Å². The zero-order valence-corrected chi connectivity index (χ0v) is 33.1. The molecule has 3 nitrogen and oxygen atoms in total. The van der Waals surface area contributed by atoms with Crippen LogP contribution >= 0.6 is 7.14 Å². The molecule has 0 radical (unpaired) electrons. The molecule has 0 atom stereocenters. The van der Waals surface area contributed by atoms with Crippen molar-refractivity contribution in [3.05, 3.63) is 246 Å². The number of amidine groups is 1. The molecule has 1 spiro atoms. The molecule has 0 heterocycles. The van der Waals surface area contributed by atoms with Gasteiger partial charge in [0.1, 0.15) is 0 Å². The summed E-state index contributed by atoms with van der Waals surface area (Å²) >= 11 is 0. The Morgan fingerprint density at radius 3 is 1.42 bits per heavy atom. The first-order valence-corrected chi connectivity index (χ1v) is 21.6. The van der Waals surface area contributed by atoms with Gasteiger partial charge in [-0.2, -0.15) is 0 Å². The number of aliphatic imine (C=N–C) groups is 2. The van der Waals surface area contributed by atoms with E-state index in [0.717, 1.165) is 65.4 Å². The Bertz CT molecular complexity index is 3140. The van der Waals surface area contributed by atoms with Gasteiger partial charge in [-0.05, 0) is 73.8 Å². The van der Waals surface area contributed by atoms with Crippen LogP contribution in [-0.2, 0) is 9.98 Å². The highest BCUT2D eigenvalue weighted by atomic mass is 31.2. The minimum Gasteiger partial charge on any atom is -0.309 e. The quantitative estimate of drug-likeness (QED) is 0.0943. The van der Waals surface area contributed by atoms with Crippen molar-refractivity contribution < 1.29 is 4.57 Å². The molecule has 9 aromatic carbocycles. The minimum atomic E-state index is -3.38. The molecule has 59 heavy (non-hydrogen) atoms. The third-order valence-electron chi connectivity index (χ3n) is 12.3. The maximum absolute atomic E-state index is 16.2. The lowest BCUT2D eigenvalue weighted by Gasteiger charge is -2.33. The second-order valence-corrected chi connectivity index (χ2v) is 18.1. The average Bonchev–Trinajstić information content (AvgIpc) is 3.77. The summed E-state index contributed by atoms with van der Waals surface area (Å²) < 4.78 is 16.2. The van der Waals surface area contributed by atoms with Crippen molar-refractivity contribution in [2.75, 3.05) is 0 Å². The molecule has 0 unspecified atom stereocenters. The molecule has 0 N–H and O–H groups in total. The number of fused-ring (bicyclic) bond motifs is 9. The normalized spacial score (nSPS) is 14.1. The van der Waals surface area contributed by atoms with E-state index in [1.807, 2.05) is 66.7 Å². The van der Waals surface area contributed by atoms with Crippen molar-refractivity contribution in [2.45, 2.75) is 5.41 Å². The van der Waals surface area contributed by atoms with Crippen LogP contribution in [0.15, 0.2) is 222 Å². The lowest BCUT2D eigenvalue weighted by molar-refractivity contribution is 0.592. The first-order valence-electron chi connectivity index (χ1n) is 19.9. The average molecular weight is 773 g/mol. The number of rotatable bonds is 6. The molecule has 2 aliphatic rings. The van der Waals surface area contributed by atoms with E-state index >= 15 is 4.57 Å². The van der Waals surface area contributed by atoms with E-state index in [4.69, 9.17) is 4.99 Å². The Hall–Kier alpha value is -7.19. The summed E-state index contributed by atoms with van der Waals surface area (Å²) in [5.74, 6) is 0.554. The van der Waals surface area contributed by atoms with E-state index in [2.05, 4.69) is 157 Å². The van der Waals surface area contributed by atoms with Gasteiger partial charge in [-0.25, -0.2) is 9.98 Å². The van der Waals surface area contributed by atoms with Crippen LogP contribution in [0.3, 0.4) is 0 Å². The number of allylic oxidation sites excluding steroid dienone is 1. The van der Waals surface area contributed by atoms with Crippen LogP contribution in [0, 0.1) is 0 Å². The van der Waals surface area contributed by atoms with Gasteiger partial charge >= 0.3 is 0 Å². The van der Waals surface area contributed by atoms with Gasteiger partial charge in [-0.1, -0.05) is 200 Å². The number of benzene rings is 9. The van der Waals surface area contributed by atoms with Crippen molar-refractivity contribution in [1.29, 1.82) is 0 Å². The SMILES string of the molecule is C=N/C(=N\C1=C(c2ccc(P(=O)(c3ccc4ccccc4c3)c3ccc4ccccc4c3)cc2)C2(c3ccccc31)c1ccccc1-c1ccccc12)c1ccccc1. The fraction of sp³-hybridized carbons (Fsp3) is 0.0182. The van der Waals surface area contributed by atoms with Gasteiger partial charge in [0, 0.05) is 32.6 Å². The van der Waals surface area contributed by atoms with Gasteiger partial charge in [0.05, 0.1) is 11.1 Å². The predicted molar refractivity (Wildman–Crippen MR) is 248 cm³/mol. The molecule has 0 saturated heterocycles. The van der Waals surface area contributed by atoms with Crippen LogP contribution in [-0.4, -0.2) is 12.6 Å². The molecule has 0 aliphatic heterocycles. The molecule has 0 fully saturated rings. The van der Waals surface area contributed by atoms with E-state index in [1.165, 1.54) is 27.8 Å². The maximum atomic E-state index is 16.2. The largest absolute Gasteiger partial charge is 0.309 e. The van der Waals surface area contributed by atoms with Gasteiger partial charge in [0.15, 0.2) is 13.0 Å². The summed E-state index contributed by atoms with van der Waals surface area (Å²) in [5.41, 5.74) is 10.2. The Morgan fingerprint density at radius 2 is 0.881 bits per heavy atom. The number of hydrogen-bond acceptors (Lipinski definition) is 2. The molecule has 0 bridgehead atoms. The van der Waals surface area contributed by atoms with Gasteiger partial charge in [-0.15, -0.1) is 0 Å². The van der Waals surface area contributed by atoms with Crippen molar-refractivity contribution >= 4 is 68.4 Å². The Labute approximate surface area is 343 Å². The maximum Gasteiger partial charge on any atom is 0.171 e. The summed E-state index contributed by atoms with van der Waals surface area (Å²) in [6.07, 6.45) is 0. The topological polar surface area (TPSA) is 41.8 Å². The molecular formula is C55H37N2OP. The third-order valence-corrected chi connectivity index (χ3v) is 15.3. The highest BCUT2D eigenvalue weighted by molar-refractivity contribution is 7.85. The van der Waals surface area contributed by atoms with E-state index in [1.54, 1.807) is 0 Å². The number of hydrogen-bond donors (Lipinski definition) is 0. The first kappa shape index (κ1) is 35.0. The van der Waals surface area contributed by atoms with E-state index in [0.29, 0.717) is 5.84 Å². The highest BCUT2D eigenvalue weighted by Gasteiger charge is 2.53. The fourth-order valence-electron chi connectivity index (χ4n) is 9.64. The zero-order valence-electron chi connectivity index (χ0n) is 32.2. The predicted octanol–water partition coefficient (Wildman–Crippen LogP) is 12.0. The Morgan fingerprint density at radius 1 is 0.441 bits per heavy atom. The van der Waals surface area contributed by atoms with Gasteiger partial charge < -0.3 is 4.57 Å². The van der Waals surface area contributed by atoms with E-state index in [9.17, 15) is 0 Å². The molecular weight excluding hydrogens is 736 g/mol. The zero-order chi connectivity index (χ0) is 39.6. The lowest BCUT2D eigenvalue weighted by Crippen LogP contribution is -2.27. The van der Waals surface area contributed by atoms with Crippen molar-refractivity contribution in [3.63, 3.8) is 0 Å². The van der Waals surface area contributed by atoms with Crippen LogP contribution in [0.1, 0.15) is 33.4 Å². The molecule has 0 saturated carbocycles. The molecule has 278 valence electrons. The second-order valence-electron chi connectivity index (χ2n) is 15.3. The summed E-state index contributed by atoms with van der Waals surface area (Å²) in [4.78, 5) is 9.98. The van der Waals surface area contributed by atoms with Crippen LogP contribution in [0.25, 0.3) is 43.9 Å². The van der Waals surface area contributed by atoms with Crippen LogP contribution < -0.4 is 15.9 Å². The molecule has 0 aromatic heterocycles. The smallest absolute Gasteiger partial charge is 0.171 e. The molecule has 0 amide bonds. The van der Waals surface area contributed by atoms with E-state index in [-0.39, 0.29) is 0 Å². The fourth-order valence-corrected chi connectivity index (χ4v) is 12.3. The van der Waals surface area contributed by atoms with Crippen LogP contribution in [0.4, 0.5) is 0 Å². The highest BCUT2D eigenvalue weighted by Crippen LogP contribution is 2.64. The summed E-state index contributed by atoms with van der Waals surface area (Å²) in [6.45, 7) is 3.99. The van der Waals surface area contributed by atoms with Crippen molar-refractivity contribution in [3.8, 4) is 11.1 Å². The summed E-state index contributed by atoms with van der Waals surface area (Å²) in [6, 6.07) is 73.8. The van der Waals surface area contributed by atoms with Crippen molar-refractivity contribution in [1.82, 2.24) is 0 Å². The monoisotopic (exact) mass is 772 g/mol. The Kier molecular flexibility index (Phi) is 8.15. The summed E-state index contributed by atoms with van der Waals surface area (Å²) in [5, 5.41) is 6.72. The van der Waals surface area contributed by atoms with E-state index < -0.39 is 12.6 Å². The molecule has 2 aliphatic carbocycles. The molecule has 11 rings (SSSR count).